The summed E-state index contributed by atoms with van der Waals surface area (Å²) in [7, 11) is 0. The van der Waals surface area contributed by atoms with Crippen LogP contribution in [-0.4, -0.2) is 30.2 Å². The van der Waals surface area contributed by atoms with Gasteiger partial charge in [0.2, 0.25) is 0 Å². The number of benzene rings is 1. The lowest BCUT2D eigenvalue weighted by Gasteiger charge is -2.31. The van der Waals surface area contributed by atoms with Crippen LogP contribution in [0, 0.1) is 0 Å². The van der Waals surface area contributed by atoms with Crippen molar-refractivity contribution in [3.63, 3.8) is 0 Å². The van der Waals surface area contributed by atoms with E-state index in [0.717, 1.165) is 37.2 Å². The summed E-state index contributed by atoms with van der Waals surface area (Å²) in [6, 6.07) is 5.32. The van der Waals surface area contributed by atoms with Gasteiger partial charge >= 0.3 is 6.09 Å². The lowest BCUT2D eigenvalue weighted by atomic mass is 9.98. The maximum atomic E-state index is 11.8. The predicted octanol–water partition coefficient (Wildman–Crippen LogP) is 3.12. The van der Waals surface area contributed by atoms with E-state index in [9.17, 15) is 9.59 Å². The van der Waals surface area contributed by atoms with Gasteiger partial charge in [-0.25, -0.2) is 4.79 Å². The highest BCUT2D eigenvalue weighted by Gasteiger charge is 2.18. The van der Waals surface area contributed by atoms with Crippen LogP contribution < -0.4 is 10.2 Å². The smallest absolute Gasteiger partial charge is 0.411 e. The van der Waals surface area contributed by atoms with Crippen molar-refractivity contribution < 1.29 is 14.7 Å². The highest BCUT2D eigenvalue weighted by Crippen LogP contribution is 2.30. The molecule has 5 nitrogen and oxygen atoms in total. The molecule has 5 heteroatoms. The van der Waals surface area contributed by atoms with Crippen molar-refractivity contribution in [2.24, 2.45) is 0 Å². The molecule has 0 aliphatic carbocycles. The Labute approximate surface area is 124 Å². The summed E-state index contributed by atoms with van der Waals surface area (Å²) in [5, 5.41) is 10.5. The third-order valence-corrected chi connectivity index (χ3v) is 3.55. The highest BCUT2D eigenvalue weighted by molar-refractivity contribution is 6.03. The van der Waals surface area contributed by atoms with Gasteiger partial charge in [0.05, 0.1) is 0 Å². The van der Waals surface area contributed by atoms with Crippen LogP contribution in [-0.2, 0) is 0 Å². The molecule has 2 N–H and O–H groups in total. The van der Waals surface area contributed by atoms with Crippen LogP contribution in [0.2, 0.25) is 0 Å². The summed E-state index contributed by atoms with van der Waals surface area (Å²) in [4.78, 5) is 24.6. The minimum atomic E-state index is -1.34. The van der Waals surface area contributed by atoms with Crippen molar-refractivity contribution in [3.05, 3.63) is 34.9 Å². The number of rotatable bonds is 4. The molecule has 0 atom stereocenters. The quantitative estimate of drug-likeness (QED) is 0.893. The summed E-state index contributed by atoms with van der Waals surface area (Å²) in [6.45, 7) is 6.13. The van der Waals surface area contributed by atoms with E-state index in [4.69, 9.17) is 5.11 Å². The zero-order chi connectivity index (χ0) is 15.4. The molecule has 0 aromatic heterocycles. The van der Waals surface area contributed by atoms with E-state index in [-0.39, 0.29) is 0 Å². The molecule has 0 saturated carbocycles. The second-order valence-electron chi connectivity index (χ2n) is 5.11. The molecule has 0 unspecified atom stereocenters. The van der Waals surface area contributed by atoms with Crippen LogP contribution in [0.1, 0.15) is 42.6 Å². The van der Waals surface area contributed by atoms with Crippen LogP contribution in [0.3, 0.4) is 0 Å². The predicted molar refractivity (Wildman–Crippen MR) is 82.7 cm³/mol. The molecule has 1 aromatic rings. The molecular formula is C16H20N2O3. The van der Waals surface area contributed by atoms with Gasteiger partial charge < -0.3 is 10.0 Å². The number of carboxylic acid groups (broad SMARTS) is 1. The zero-order valence-electron chi connectivity index (χ0n) is 12.3. The summed E-state index contributed by atoms with van der Waals surface area (Å²) >= 11 is 0. The van der Waals surface area contributed by atoms with E-state index in [1.807, 2.05) is 11.4 Å². The Morgan fingerprint density at radius 2 is 2.10 bits per heavy atom. The normalized spacial score (nSPS) is 13.4. The van der Waals surface area contributed by atoms with E-state index in [2.05, 4.69) is 24.8 Å². The highest BCUT2D eigenvalue weighted by atomic mass is 16.4. The number of hydrogen-bond acceptors (Lipinski definition) is 3. The second kappa shape index (κ2) is 6.43. The molecule has 0 spiro atoms. The Morgan fingerprint density at radius 3 is 2.71 bits per heavy atom. The number of amides is 2. The van der Waals surface area contributed by atoms with Crippen molar-refractivity contribution in [3.8, 4) is 0 Å². The fourth-order valence-electron chi connectivity index (χ4n) is 2.55. The maximum Gasteiger partial charge on any atom is 0.411 e. The lowest BCUT2D eigenvalue weighted by molar-refractivity contribution is 0.0948. The first-order valence-corrected chi connectivity index (χ1v) is 7.17. The first-order valence-electron chi connectivity index (χ1n) is 7.17. The van der Waals surface area contributed by atoms with Crippen molar-refractivity contribution in [2.75, 3.05) is 18.0 Å². The monoisotopic (exact) mass is 288 g/mol. The first kappa shape index (κ1) is 15.1. The van der Waals surface area contributed by atoms with E-state index in [0.29, 0.717) is 5.56 Å². The van der Waals surface area contributed by atoms with E-state index in [1.54, 1.807) is 12.1 Å². The molecule has 112 valence electrons. The first-order chi connectivity index (χ1) is 10.0. The van der Waals surface area contributed by atoms with Crippen molar-refractivity contribution >= 4 is 23.8 Å². The van der Waals surface area contributed by atoms with Crippen molar-refractivity contribution in [2.45, 2.75) is 26.7 Å². The molecule has 0 radical (unpaired) electrons. The summed E-state index contributed by atoms with van der Waals surface area (Å²) in [6.07, 6.45) is 2.78. The number of imide groups is 1. The number of hydrogen-bond donors (Lipinski definition) is 2. The van der Waals surface area contributed by atoms with Gasteiger partial charge in [-0.3, -0.25) is 10.1 Å². The largest absolute Gasteiger partial charge is 0.465 e. The van der Waals surface area contributed by atoms with Gasteiger partial charge in [-0.2, -0.15) is 0 Å². The van der Waals surface area contributed by atoms with Gasteiger partial charge in [-0.1, -0.05) is 25.5 Å². The number of carbonyl (C=O) groups is 2. The second-order valence-corrected chi connectivity index (χ2v) is 5.11. The standard InChI is InChI=1S/C16H20N2O3/c1-3-7-18-10-11(4-2)8-13-9-12(5-6-14(13)18)15(19)17-16(20)21/h5-6,8-9H,3-4,7,10H2,1-2H3,(H,17,19)(H,20,21). The molecule has 2 amide bonds. The zero-order valence-corrected chi connectivity index (χ0v) is 12.3. The third kappa shape index (κ3) is 3.42. The molecule has 1 aliphatic heterocycles. The van der Waals surface area contributed by atoms with Gasteiger partial charge in [0.25, 0.3) is 5.91 Å². The molecule has 2 rings (SSSR count). The Hall–Kier alpha value is -2.30. The fourth-order valence-corrected chi connectivity index (χ4v) is 2.55. The molecular weight excluding hydrogens is 268 g/mol. The van der Waals surface area contributed by atoms with Crippen LogP contribution in [0.15, 0.2) is 23.8 Å². The minimum Gasteiger partial charge on any atom is -0.465 e. The molecule has 0 saturated heterocycles. The molecule has 1 aliphatic rings. The van der Waals surface area contributed by atoms with E-state index in [1.165, 1.54) is 5.57 Å². The van der Waals surface area contributed by atoms with Crippen molar-refractivity contribution in [1.82, 2.24) is 5.32 Å². The number of carbonyl (C=O) groups excluding carboxylic acids is 1. The Balaban J connectivity index is 2.36. The minimum absolute atomic E-state index is 0.362. The lowest BCUT2D eigenvalue weighted by Crippen LogP contribution is -2.31. The number of nitrogens with zero attached hydrogens (tertiary/aromatic N) is 1. The molecule has 21 heavy (non-hydrogen) atoms. The SMILES string of the molecule is CCCN1CC(CC)=Cc2cc(C(=O)NC(=O)O)ccc21. The average molecular weight is 288 g/mol. The molecule has 1 heterocycles. The van der Waals surface area contributed by atoms with Gasteiger partial charge in [-0.15, -0.1) is 0 Å². The number of fused-ring (bicyclic) bond motifs is 1. The molecule has 1 aromatic carbocycles. The van der Waals surface area contributed by atoms with Gasteiger partial charge in [0.15, 0.2) is 0 Å². The Kier molecular flexibility index (Phi) is 4.62. The number of nitrogens with one attached hydrogen (secondary N) is 1. The maximum absolute atomic E-state index is 11.8. The number of anilines is 1. The van der Waals surface area contributed by atoms with Crippen LogP contribution in [0.5, 0.6) is 0 Å². The van der Waals surface area contributed by atoms with Gasteiger partial charge in [-0.05, 0) is 36.6 Å². The Morgan fingerprint density at radius 1 is 1.33 bits per heavy atom. The van der Waals surface area contributed by atoms with Gasteiger partial charge in [0.1, 0.15) is 0 Å². The summed E-state index contributed by atoms with van der Waals surface area (Å²) in [5.41, 5.74) is 3.75. The third-order valence-electron chi connectivity index (χ3n) is 3.55. The van der Waals surface area contributed by atoms with Crippen LogP contribution >= 0.6 is 0 Å². The van der Waals surface area contributed by atoms with Gasteiger partial charge in [0, 0.05) is 24.3 Å². The summed E-state index contributed by atoms with van der Waals surface area (Å²) in [5.74, 6) is -0.593. The fraction of sp³-hybridized carbons (Fsp3) is 0.375. The molecule has 0 bridgehead atoms. The average Bonchev–Trinajstić information content (AvgIpc) is 2.46. The topological polar surface area (TPSA) is 69.6 Å². The Bertz CT molecular complexity index is 593. The van der Waals surface area contributed by atoms with Crippen molar-refractivity contribution in [1.29, 1.82) is 0 Å². The summed E-state index contributed by atoms with van der Waals surface area (Å²) < 4.78 is 0. The van der Waals surface area contributed by atoms with E-state index >= 15 is 0 Å². The molecule has 0 fully saturated rings. The van der Waals surface area contributed by atoms with Crippen LogP contribution in [0.4, 0.5) is 10.5 Å². The van der Waals surface area contributed by atoms with E-state index < -0.39 is 12.0 Å². The van der Waals surface area contributed by atoms with Crippen LogP contribution in [0.25, 0.3) is 6.08 Å².